The summed E-state index contributed by atoms with van der Waals surface area (Å²) in [6, 6.07) is 7.21. The highest BCUT2D eigenvalue weighted by atomic mass is 35.5. The molecule has 18 heavy (non-hydrogen) atoms. The lowest BCUT2D eigenvalue weighted by Gasteiger charge is -2.22. The number of carbonyl (C=O) groups is 1. The zero-order valence-electron chi connectivity index (χ0n) is 11.0. The molecule has 1 aromatic carbocycles. The Balaban J connectivity index is 2.63. The average Bonchev–Trinajstić information content (AvgIpc) is 2.37. The first kappa shape index (κ1) is 15.0. The first-order valence-corrected chi connectivity index (χ1v) is 6.42. The Morgan fingerprint density at radius 3 is 2.39 bits per heavy atom. The van der Waals surface area contributed by atoms with Crippen molar-refractivity contribution in [2.75, 3.05) is 7.11 Å². The second-order valence-corrected chi connectivity index (χ2v) is 5.12. The Labute approximate surface area is 113 Å². The fourth-order valence-corrected chi connectivity index (χ4v) is 2.07. The van der Waals surface area contributed by atoms with Crippen molar-refractivity contribution in [1.82, 2.24) is 0 Å². The van der Waals surface area contributed by atoms with Crippen LogP contribution in [-0.4, -0.2) is 19.1 Å². The van der Waals surface area contributed by atoms with Crippen LogP contribution in [0.15, 0.2) is 24.3 Å². The van der Waals surface area contributed by atoms with E-state index in [1.54, 1.807) is 0 Å². The number of hydrogen-bond donors (Lipinski definition) is 1. The molecule has 0 saturated carbocycles. The van der Waals surface area contributed by atoms with Crippen LogP contribution in [0.3, 0.4) is 0 Å². The van der Waals surface area contributed by atoms with Crippen LogP contribution in [0.4, 0.5) is 0 Å². The van der Waals surface area contributed by atoms with E-state index in [4.69, 9.17) is 17.3 Å². The van der Waals surface area contributed by atoms with Crippen LogP contribution in [0.1, 0.15) is 31.7 Å². The number of esters is 1. The van der Waals surface area contributed by atoms with Crippen molar-refractivity contribution in [3.05, 3.63) is 34.9 Å². The minimum absolute atomic E-state index is 0.292. The molecule has 4 heteroatoms. The quantitative estimate of drug-likeness (QED) is 0.836. The van der Waals surface area contributed by atoms with Crippen molar-refractivity contribution in [2.24, 2.45) is 11.7 Å². The van der Waals surface area contributed by atoms with Gasteiger partial charge < -0.3 is 10.5 Å². The summed E-state index contributed by atoms with van der Waals surface area (Å²) in [6.07, 6.45) is 0.608. The number of nitrogens with two attached hydrogens (primary N) is 1. The lowest BCUT2D eigenvalue weighted by atomic mass is 9.85. The van der Waals surface area contributed by atoms with Gasteiger partial charge in [-0.3, -0.25) is 4.79 Å². The van der Waals surface area contributed by atoms with Crippen LogP contribution in [-0.2, 0) is 9.53 Å². The van der Waals surface area contributed by atoms with Gasteiger partial charge in [0.2, 0.25) is 0 Å². The minimum Gasteiger partial charge on any atom is -0.468 e. The van der Waals surface area contributed by atoms with Crippen molar-refractivity contribution >= 4 is 17.6 Å². The van der Waals surface area contributed by atoms with E-state index in [2.05, 4.69) is 18.6 Å². The molecule has 0 spiro atoms. The fourth-order valence-electron chi connectivity index (χ4n) is 1.95. The maximum atomic E-state index is 11.3. The smallest absolute Gasteiger partial charge is 0.322 e. The number of methoxy groups -OCH3 is 1. The second kappa shape index (κ2) is 6.76. The number of benzene rings is 1. The maximum Gasteiger partial charge on any atom is 0.322 e. The van der Waals surface area contributed by atoms with Gasteiger partial charge in [0.25, 0.3) is 0 Å². The number of rotatable bonds is 5. The van der Waals surface area contributed by atoms with Crippen molar-refractivity contribution < 1.29 is 9.53 Å². The zero-order valence-corrected chi connectivity index (χ0v) is 11.8. The average molecular weight is 270 g/mol. The van der Waals surface area contributed by atoms with Crippen LogP contribution >= 0.6 is 11.6 Å². The van der Waals surface area contributed by atoms with E-state index in [0.29, 0.717) is 18.3 Å². The predicted octanol–water partition coefficient (Wildman–Crippen LogP) is 2.97. The largest absolute Gasteiger partial charge is 0.468 e. The molecule has 0 fully saturated rings. The molecular formula is C14H20ClNO2. The van der Waals surface area contributed by atoms with E-state index >= 15 is 0 Å². The molecule has 3 nitrogen and oxygen atoms in total. The third kappa shape index (κ3) is 4.00. The topological polar surface area (TPSA) is 52.3 Å². The standard InChI is InChI=1S/C14H20ClNO2/c1-9(8-13(16)14(17)18-3)10(2)11-4-6-12(15)7-5-11/h4-7,9-10,13H,8,16H2,1-3H3. The molecule has 1 rings (SSSR count). The summed E-state index contributed by atoms with van der Waals surface area (Å²) >= 11 is 5.86. The summed E-state index contributed by atoms with van der Waals surface area (Å²) in [6.45, 7) is 4.21. The lowest BCUT2D eigenvalue weighted by Crippen LogP contribution is -2.34. The predicted molar refractivity (Wildman–Crippen MR) is 73.6 cm³/mol. The van der Waals surface area contributed by atoms with Crippen LogP contribution in [0.5, 0.6) is 0 Å². The van der Waals surface area contributed by atoms with Crippen molar-refractivity contribution in [2.45, 2.75) is 32.2 Å². The van der Waals surface area contributed by atoms with Crippen LogP contribution in [0, 0.1) is 5.92 Å². The van der Waals surface area contributed by atoms with Crippen molar-refractivity contribution in [3.8, 4) is 0 Å². The molecule has 0 heterocycles. The molecular weight excluding hydrogens is 250 g/mol. The van der Waals surface area contributed by atoms with Gasteiger partial charge in [-0.15, -0.1) is 0 Å². The molecule has 0 aliphatic carbocycles. The molecule has 2 N–H and O–H groups in total. The highest BCUT2D eigenvalue weighted by Crippen LogP contribution is 2.28. The monoisotopic (exact) mass is 269 g/mol. The Morgan fingerprint density at radius 1 is 1.33 bits per heavy atom. The molecule has 3 unspecified atom stereocenters. The van der Waals surface area contributed by atoms with Crippen molar-refractivity contribution in [1.29, 1.82) is 0 Å². The molecule has 1 aromatic rings. The number of carbonyl (C=O) groups excluding carboxylic acids is 1. The summed E-state index contributed by atoms with van der Waals surface area (Å²) < 4.78 is 4.63. The Bertz CT molecular complexity index is 391. The Hall–Kier alpha value is -1.06. The third-order valence-corrected chi connectivity index (χ3v) is 3.63. The first-order chi connectivity index (χ1) is 8.45. The van der Waals surface area contributed by atoms with Gasteiger partial charge in [-0.05, 0) is 36.0 Å². The van der Waals surface area contributed by atoms with E-state index in [1.165, 1.54) is 12.7 Å². The van der Waals surface area contributed by atoms with E-state index in [0.717, 1.165) is 5.02 Å². The molecule has 0 saturated heterocycles. The summed E-state index contributed by atoms with van der Waals surface area (Å²) in [4.78, 5) is 11.3. The summed E-state index contributed by atoms with van der Waals surface area (Å²) in [5, 5.41) is 0.727. The van der Waals surface area contributed by atoms with Gasteiger partial charge in [0.15, 0.2) is 0 Å². The maximum absolute atomic E-state index is 11.3. The SMILES string of the molecule is COC(=O)C(N)CC(C)C(C)c1ccc(Cl)cc1. The molecule has 3 atom stereocenters. The van der Waals surface area contributed by atoms with Gasteiger partial charge in [0, 0.05) is 5.02 Å². The van der Waals surface area contributed by atoms with Gasteiger partial charge in [-0.25, -0.2) is 0 Å². The highest BCUT2D eigenvalue weighted by molar-refractivity contribution is 6.30. The Morgan fingerprint density at radius 2 is 1.89 bits per heavy atom. The van der Waals surface area contributed by atoms with Gasteiger partial charge in [-0.1, -0.05) is 37.6 Å². The van der Waals surface area contributed by atoms with Crippen LogP contribution < -0.4 is 5.73 Å². The normalized spacial score (nSPS) is 15.8. The summed E-state index contributed by atoms with van der Waals surface area (Å²) in [5.74, 6) is 0.253. The number of hydrogen-bond acceptors (Lipinski definition) is 3. The van der Waals surface area contributed by atoms with Crippen LogP contribution in [0.2, 0.25) is 5.02 Å². The molecule has 0 aliphatic rings. The highest BCUT2D eigenvalue weighted by Gasteiger charge is 2.21. The first-order valence-electron chi connectivity index (χ1n) is 6.04. The number of halogens is 1. The van der Waals surface area contributed by atoms with Gasteiger partial charge in [0.1, 0.15) is 6.04 Å². The zero-order chi connectivity index (χ0) is 13.7. The molecule has 0 bridgehead atoms. The van der Waals surface area contributed by atoms with Gasteiger partial charge in [-0.2, -0.15) is 0 Å². The molecule has 0 radical (unpaired) electrons. The number of ether oxygens (including phenoxy) is 1. The lowest BCUT2D eigenvalue weighted by molar-refractivity contribution is -0.142. The second-order valence-electron chi connectivity index (χ2n) is 4.68. The minimum atomic E-state index is -0.556. The fraction of sp³-hybridized carbons (Fsp3) is 0.500. The van der Waals surface area contributed by atoms with E-state index in [-0.39, 0.29) is 5.97 Å². The van der Waals surface area contributed by atoms with Gasteiger partial charge >= 0.3 is 5.97 Å². The molecule has 0 aliphatic heterocycles. The summed E-state index contributed by atoms with van der Waals surface area (Å²) in [7, 11) is 1.36. The van der Waals surface area contributed by atoms with E-state index in [9.17, 15) is 4.79 Å². The van der Waals surface area contributed by atoms with Gasteiger partial charge in [0.05, 0.1) is 7.11 Å². The molecule has 100 valence electrons. The van der Waals surface area contributed by atoms with E-state index in [1.807, 2.05) is 24.3 Å². The van der Waals surface area contributed by atoms with E-state index < -0.39 is 6.04 Å². The molecule has 0 amide bonds. The van der Waals surface area contributed by atoms with Crippen molar-refractivity contribution in [3.63, 3.8) is 0 Å². The molecule has 0 aromatic heterocycles. The van der Waals surface area contributed by atoms with Crippen LogP contribution in [0.25, 0.3) is 0 Å². The summed E-state index contributed by atoms with van der Waals surface area (Å²) in [5.41, 5.74) is 6.97. The third-order valence-electron chi connectivity index (χ3n) is 3.38. The Kier molecular flexibility index (Phi) is 5.63.